The van der Waals surface area contributed by atoms with Gasteiger partial charge in [-0.15, -0.1) is 11.8 Å². The Labute approximate surface area is 173 Å². The van der Waals surface area contributed by atoms with E-state index in [1.807, 2.05) is 29.2 Å². The maximum atomic E-state index is 13.9. The number of rotatable bonds is 7. The molecule has 0 N–H and O–H groups in total. The molecule has 29 heavy (non-hydrogen) atoms. The Balaban J connectivity index is 1.38. The summed E-state index contributed by atoms with van der Waals surface area (Å²) in [6.07, 6.45) is 0. The van der Waals surface area contributed by atoms with Crippen LogP contribution in [0.15, 0.2) is 53.4 Å². The highest BCUT2D eigenvalue weighted by Crippen LogP contribution is 2.22. The van der Waals surface area contributed by atoms with Gasteiger partial charge in [0.15, 0.2) is 6.61 Å². The molecule has 154 valence electrons. The second kappa shape index (κ2) is 10.2. The minimum atomic E-state index is -0.441. The zero-order valence-electron chi connectivity index (χ0n) is 16.2. The highest BCUT2D eigenvalue weighted by atomic mass is 32.2. The topological polar surface area (TPSA) is 59.1 Å². The zero-order valence-corrected chi connectivity index (χ0v) is 17.0. The second-order valence-corrected chi connectivity index (χ2v) is 7.49. The molecular weight excluding hydrogens is 395 g/mol. The number of nitrogens with zero attached hydrogens (tertiary/aromatic N) is 2. The number of benzene rings is 2. The minimum Gasteiger partial charge on any atom is -0.497 e. The number of piperazine rings is 1. The van der Waals surface area contributed by atoms with Gasteiger partial charge >= 0.3 is 5.97 Å². The number of ether oxygens (including phenoxy) is 2. The largest absolute Gasteiger partial charge is 0.497 e. The van der Waals surface area contributed by atoms with Crippen molar-refractivity contribution in [2.75, 3.05) is 50.5 Å². The van der Waals surface area contributed by atoms with E-state index in [4.69, 9.17) is 9.47 Å². The fraction of sp³-hybridized carbons (Fsp3) is 0.333. The Morgan fingerprint density at radius 1 is 1.03 bits per heavy atom. The van der Waals surface area contributed by atoms with E-state index in [1.54, 1.807) is 30.2 Å². The van der Waals surface area contributed by atoms with Crippen LogP contribution in [0.1, 0.15) is 0 Å². The average Bonchev–Trinajstić information content (AvgIpc) is 2.77. The van der Waals surface area contributed by atoms with Crippen molar-refractivity contribution >= 4 is 29.3 Å². The van der Waals surface area contributed by atoms with Crippen molar-refractivity contribution in [3.05, 3.63) is 54.3 Å². The van der Waals surface area contributed by atoms with Gasteiger partial charge in [-0.3, -0.25) is 9.59 Å². The van der Waals surface area contributed by atoms with Crippen molar-refractivity contribution < 1.29 is 23.5 Å². The molecule has 0 spiro atoms. The summed E-state index contributed by atoms with van der Waals surface area (Å²) >= 11 is 1.34. The van der Waals surface area contributed by atoms with E-state index < -0.39 is 5.97 Å². The maximum absolute atomic E-state index is 13.9. The summed E-state index contributed by atoms with van der Waals surface area (Å²) in [5, 5.41) is 0. The SMILES string of the molecule is COc1ccc(SCC(=O)OCC(=O)N2CCN(c3ccccc3F)CC2)cc1. The Morgan fingerprint density at radius 2 is 1.72 bits per heavy atom. The van der Waals surface area contributed by atoms with Crippen molar-refractivity contribution in [2.45, 2.75) is 4.90 Å². The van der Waals surface area contributed by atoms with Crippen LogP contribution >= 0.6 is 11.8 Å². The predicted molar refractivity (Wildman–Crippen MR) is 110 cm³/mol. The Bertz CT molecular complexity index is 839. The lowest BCUT2D eigenvalue weighted by molar-refractivity contribution is -0.150. The van der Waals surface area contributed by atoms with Gasteiger partial charge in [0.1, 0.15) is 11.6 Å². The third kappa shape index (κ3) is 5.87. The monoisotopic (exact) mass is 418 g/mol. The van der Waals surface area contributed by atoms with Crippen LogP contribution in [0.2, 0.25) is 0 Å². The summed E-state index contributed by atoms with van der Waals surface area (Å²) in [6, 6.07) is 14.0. The lowest BCUT2D eigenvalue weighted by Gasteiger charge is -2.36. The lowest BCUT2D eigenvalue weighted by Crippen LogP contribution is -2.50. The molecule has 0 radical (unpaired) electrons. The van der Waals surface area contributed by atoms with Gasteiger partial charge in [0.2, 0.25) is 0 Å². The number of hydrogen-bond acceptors (Lipinski definition) is 6. The van der Waals surface area contributed by atoms with Gasteiger partial charge in [0.25, 0.3) is 5.91 Å². The molecule has 3 rings (SSSR count). The average molecular weight is 418 g/mol. The second-order valence-electron chi connectivity index (χ2n) is 6.44. The fourth-order valence-electron chi connectivity index (χ4n) is 2.99. The first-order valence-electron chi connectivity index (χ1n) is 9.26. The van der Waals surface area contributed by atoms with Gasteiger partial charge in [-0.2, -0.15) is 0 Å². The molecule has 1 aliphatic rings. The molecule has 2 aromatic carbocycles. The van der Waals surface area contributed by atoms with Crippen LogP contribution in [0.3, 0.4) is 0 Å². The van der Waals surface area contributed by atoms with Crippen molar-refractivity contribution in [1.82, 2.24) is 4.90 Å². The summed E-state index contributed by atoms with van der Waals surface area (Å²) in [5.74, 6) is -0.0703. The Hall–Kier alpha value is -2.74. The van der Waals surface area contributed by atoms with Gasteiger partial charge in [0, 0.05) is 31.1 Å². The summed E-state index contributed by atoms with van der Waals surface area (Å²) in [7, 11) is 1.59. The van der Waals surface area contributed by atoms with Crippen LogP contribution in [-0.4, -0.2) is 62.4 Å². The molecule has 1 amide bonds. The molecule has 1 aliphatic heterocycles. The third-order valence-electron chi connectivity index (χ3n) is 4.60. The third-order valence-corrected chi connectivity index (χ3v) is 5.58. The molecule has 0 atom stereocenters. The molecule has 6 nitrogen and oxygen atoms in total. The number of esters is 1. The van der Waals surface area contributed by atoms with Gasteiger partial charge in [-0.25, -0.2) is 4.39 Å². The Kier molecular flexibility index (Phi) is 7.35. The van der Waals surface area contributed by atoms with Gasteiger partial charge in [-0.1, -0.05) is 12.1 Å². The van der Waals surface area contributed by atoms with Crippen LogP contribution in [0.25, 0.3) is 0 Å². The molecule has 1 fully saturated rings. The molecule has 0 bridgehead atoms. The number of anilines is 1. The molecule has 1 saturated heterocycles. The predicted octanol–water partition coefficient (Wildman–Crippen LogP) is 2.82. The lowest BCUT2D eigenvalue weighted by atomic mass is 10.2. The zero-order chi connectivity index (χ0) is 20.6. The van der Waals surface area contributed by atoms with E-state index in [0.717, 1.165) is 10.6 Å². The van der Waals surface area contributed by atoms with Crippen LogP contribution in [0.4, 0.5) is 10.1 Å². The number of methoxy groups -OCH3 is 1. The van der Waals surface area contributed by atoms with Crippen molar-refractivity contribution in [1.29, 1.82) is 0 Å². The van der Waals surface area contributed by atoms with Gasteiger partial charge < -0.3 is 19.3 Å². The molecular formula is C21H23FN2O4S. The summed E-state index contributed by atoms with van der Waals surface area (Å²) in [4.78, 5) is 28.7. The highest BCUT2D eigenvalue weighted by Gasteiger charge is 2.23. The molecule has 0 aliphatic carbocycles. The highest BCUT2D eigenvalue weighted by molar-refractivity contribution is 8.00. The first kappa shape index (κ1) is 21.0. The Morgan fingerprint density at radius 3 is 2.38 bits per heavy atom. The van der Waals surface area contributed by atoms with Crippen LogP contribution in [0, 0.1) is 5.82 Å². The van der Waals surface area contributed by atoms with Crippen LogP contribution < -0.4 is 9.64 Å². The fourth-order valence-corrected chi connectivity index (χ4v) is 3.69. The number of carbonyl (C=O) groups is 2. The summed E-state index contributed by atoms with van der Waals surface area (Å²) < 4.78 is 24.1. The first-order valence-corrected chi connectivity index (χ1v) is 10.2. The first-order chi connectivity index (χ1) is 14.1. The normalized spacial score (nSPS) is 13.9. The quantitative estimate of drug-likeness (QED) is 0.509. The van der Waals surface area contributed by atoms with Crippen LogP contribution in [-0.2, 0) is 14.3 Å². The number of hydrogen-bond donors (Lipinski definition) is 0. The summed E-state index contributed by atoms with van der Waals surface area (Å²) in [6.45, 7) is 1.72. The minimum absolute atomic E-state index is 0.126. The number of carbonyl (C=O) groups excluding carboxylic acids is 2. The molecule has 0 saturated carbocycles. The smallest absolute Gasteiger partial charge is 0.316 e. The van der Waals surface area contributed by atoms with E-state index in [-0.39, 0.29) is 24.1 Å². The van der Waals surface area contributed by atoms with E-state index in [2.05, 4.69) is 0 Å². The van der Waals surface area contributed by atoms with Crippen molar-refractivity contribution in [3.8, 4) is 5.75 Å². The van der Waals surface area contributed by atoms with E-state index in [1.165, 1.54) is 17.8 Å². The molecule has 8 heteroatoms. The standard InChI is InChI=1S/C21H23FN2O4S/c1-27-16-6-8-17(9-7-16)29-15-21(26)28-14-20(25)24-12-10-23(11-13-24)19-5-3-2-4-18(19)22/h2-9H,10-15H2,1H3. The van der Waals surface area contributed by atoms with Gasteiger partial charge in [-0.05, 0) is 36.4 Å². The number of para-hydroxylation sites is 1. The maximum Gasteiger partial charge on any atom is 0.316 e. The van der Waals surface area contributed by atoms with Gasteiger partial charge in [0.05, 0.1) is 18.6 Å². The van der Waals surface area contributed by atoms with E-state index >= 15 is 0 Å². The summed E-state index contributed by atoms with van der Waals surface area (Å²) in [5.41, 5.74) is 0.543. The number of amides is 1. The number of halogens is 1. The van der Waals surface area contributed by atoms with Crippen LogP contribution in [0.5, 0.6) is 5.75 Å². The molecule has 0 aromatic heterocycles. The molecule has 1 heterocycles. The molecule has 2 aromatic rings. The van der Waals surface area contributed by atoms with E-state index in [0.29, 0.717) is 31.9 Å². The number of thioether (sulfide) groups is 1. The van der Waals surface area contributed by atoms with Crippen molar-refractivity contribution in [3.63, 3.8) is 0 Å². The van der Waals surface area contributed by atoms with E-state index in [9.17, 15) is 14.0 Å². The molecule has 0 unspecified atom stereocenters. The van der Waals surface area contributed by atoms with Crippen molar-refractivity contribution in [2.24, 2.45) is 0 Å².